The molecule has 110 valence electrons. The molecule has 1 N–H and O–H groups in total. The van der Waals surface area contributed by atoms with Gasteiger partial charge in [0.2, 0.25) is 5.91 Å². The number of aromatic nitrogens is 1. The van der Waals surface area contributed by atoms with Crippen molar-refractivity contribution >= 4 is 38.4 Å². The van der Waals surface area contributed by atoms with E-state index < -0.39 is 0 Å². The highest BCUT2D eigenvalue weighted by Gasteiger charge is 2.09. The Hall–Kier alpha value is -2.20. The van der Waals surface area contributed by atoms with Crippen molar-refractivity contribution < 1.29 is 4.79 Å². The van der Waals surface area contributed by atoms with Gasteiger partial charge in [-0.15, -0.1) is 0 Å². The second kappa shape index (κ2) is 6.28. The van der Waals surface area contributed by atoms with E-state index in [2.05, 4.69) is 26.2 Å². The van der Waals surface area contributed by atoms with Crippen LogP contribution in [0.3, 0.4) is 0 Å². The van der Waals surface area contributed by atoms with Gasteiger partial charge in [0.15, 0.2) is 0 Å². The first kappa shape index (κ1) is 14.7. The van der Waals surface area contributed by atoms with Crippen LogP contribution in [0.4, 0.5) is 5.69 Å². The molecular weight excluding hydrogens is 340 g/mol. The molecule has 0 aliphatic carbocycles. The standard InChI is InChI=1S/C18H15BrN2O/c1-12-10-15(19)7-8-16(12)21-17(22)11-14-5-2-4-13-6-3-9-20-18(13)14/h2-10H,11H2,1H3,(H,21,22). The molecule has 3 rings (SSSR count). The number of rotatable bonds is 3. The zero-order valence-corrected chi connectivity index (χ0v) is 13.7. The number of hydrogen-bond donors (Lipinski definition) is 1. The first-order chi connectivity index (χ1) is 10.6. The summed E-state index contributed by atoms with van der Waals surface area (Å²) in [7, 11) is 0. The summed E-state index contributed by atoms with van der Waals surface area (Å²) in [6.07, 6.45) is 2.06. The van der Waals surface area contributed by atoms with E-state index in [-0.39, 0.29) is 5.91 Å². The molecule has 0 saturated carbocycles. The third-order valence-electron chi connectivity index (χ3n) is 3.53. The summed E-state index contributed by atoms with van der Waals surface area (Å²) in [5, 5.41) is 4.01. The molecule has 0 aliphatic rings. The van der Waals surface area contributed by atoms with Crippen molar-refractivity contribution in [2.45, 2.75) is 13.3 Å². The van der Waals surface area contributed by atoms with Crippen LogP contribution in [0, 0.1) is 6.92 Å². The monoisotopic (exact) mass is 354 g/mol. The Bertz CT molecular complexity index is 840. The van der Waals surface area contributed by atoms with Crippen molar-refractivity contribution in [1.82, 2.24) is 4.98 Å². The minimum atomic E-state index is -0.0384. The van der Waals surface area contributed by atoms with Crippen LogP contribution in [-0.4, -0.2) is 10.9 Å². The van der Waals surface area contributed by atoms with Gasteiger partial charge in [0.1, 0.15) is 0 Å². The number of anilines is 1. The lowest BCUT2D eigenvalue weighted by atomic mass is 10.1. The van der Waals surface area contributed by atoms with E-state index >= 15 is 0 Å². The van der Waals surface area contributed by atoms with Crippen molar-refractivity contribution in [3.63, 3.8) is 0 Å². The molecule has 1 heterocycles. The van der Waals surface area contributed by atoms with E-state index in [4.69, 9.17) is 0 Å². The van der Waals surface area contributed by atoms with Gasteiger partial charge in [-0.1, -0.05) is 40.2 Å². The summed E-state index contributed by atoms with van der Waals surface area (Å²) in [4.78, 5) is 16.7. The van der Waals surface area contributed by atoms with Gasteiger partial charge in [0.05, 0.1) is 11.9 Å². The fourth-order valence-electron chi connectivity index (χ4n) is 2.44. The van der Waals surface area contributed by atoms with Gasteiger partial charge in [-0.25, -0.2) is 0 Å². The SMILES string of the molecule is Cc1cc(Br)ccc1NC(=O)Cc1cccc2cccnc12. The molecule has 22 heavy (non-hydrogen) atoms. The Labute approximate surface area is 137 Å². The summed E-state index contributed by atoms with van der Waals surface area (Å²) >= 11 is 3.42. The average Bonchev–Trinajstić information content (AvgIpc) is 2.50. The maximum absolute atomic E-state index is 12.3. The van der Waals surface area contributed by atoms with Crippen molar-refractivity contribution in [3.05, 3.63) is 70.3 Å². The molecule has 0 fully saturated rings. The number of benzene rings is 2. The highest BCUT2D eigenvalue weighted by molar-refractivity contribution is 9.10. The number of nitrogens with zero attached hydrogens (tertiary/aromatic N) is 1. The van der Waals surface area contributed by atoms with Gasteiger partial charge >= 0.3 is 0 Å². The van der Waals surface area contributed by atoms with Gasteiger partial charge in [-0.3, -0.25) is 9.78 Å². The maximum Gasteiger partial charge on any atom is 0.228 e. The molecule has 3 aromatic rings. The fourth-order valence-corrected chi connectivity index (χ4v) is 2.92. The van der Waals surface area contributed by atoms with Crippen LogP contribution < -0.4 is 5.32 Å². The van der Waals surface area contributed by atoms with Gasteiger partial charge in [0.25, 0.3) is 0 Å². The van der Waals surface area contributed by atoms with E-state index in [1.807, 2.05) is 55.5 Å². The molecule has 0 atom stereocenters. The zero-order chi connectivity index (χ0) is 15.5. The molecule has 0 radical (unpaired) electrons. The van der Waals surface area contributed by atoms with Crippen LogP contribution in [0.2, 0.25) is 0 Å². The Morgan fingerprint density at radius 2 is 2.00 bits per heavy atom. The summed E-state index contributed by atoms with van der Waals surface area (Å²) < 4.78 is 1.00. The van der Waals surface area contributed by atoms with Gasteiger partial charge in [0, 0.05) is 21.7 Å². The Kier molecular flexibility index (Phi) is 4.20. The highest BCUT2D eigenvalue weighted by Crippen LogP contribution is 2.21. The number of hydrogen-bond acceptors (Lipinski definition) is 2. The number of halogens is 1. The average molecular weight is 355 g/mol. The number of nitrogens with one attached hydrogen (secondary N) is 1. The smallest absolute Gasteiger partial charge is 0.228 e. The van der Waals surface area contributed by atoms with E-state index in [0.717, 1.165) is 32.2 Å². The number of pyridine rings is 1. The number of amides is 1. The van der Waals surface area contributed by atoms with Crippen molar-refractivity contribution in [2.24, 2.45) is 0 Å². The minimum Gasteiger partial charge on any atom is -0.326 e. The molecule has 4 heteroatoms. The normalized spacial score (nSPS) is 10.6. The molecule has 0 unspecified atom stereocenters. The lowest BCUT2D eigenvalue weighted by molar-refractivity contribution is -0.115. The second-order valence-corrected chi connectivity index (χ2v) is 6.09. The number of carbonyl (C=O) groups is 1. The van der Waals surface area contributed by atoms with Gasteiger partial charge in [-0.2, -0.15) is 0 Å². The van der Waals surface area contributed by atoms with E-state index in [9.17, 15) is 4.79 Å². The maximum atomic E-state index is 12.3. The number of para-hydroxylation sites is 1. The molecule has 0 spiro atoms. The van der Waals surface area contributed by atoms with Gasteiger partial charge in [-0.05, 0) is 42.3 Å². The van der Waals surface area contributed by atoms with Crippen LogP contribution in [0.15, 0.2) is 59.2 Å². The molecule has 2 aromatic carbocycles. The largest absolute Gasteiger partial charge is 0.326 e. The first-order valence-corrected chi connectivity index (χ1v) is 7.81. The fraction of sp³-hybridized carbons (Fsp3) is 0.111. The quantitative estimate of drug-likeness (QED) is 0.752. The van der Waals surface area contributed by atoms with E-state index in [1.165, 1.54) is 0 Å². The van der Waals surface area contributed by atoms with Crippen LogP contribution >= 0.6 is 15.9 Å². The Morgan fingerprint density at radius 3 is 2.82 bits per heavy atom. The van der Waals surface area contributed by atoms with Crippen LogP contribution in [0.5, 0.6) is 0 Å². The topological polar surface area (TPSA) is 42.0 Å². The summed E-state index contributed by atoms with van der Waals surface area (Å²) in [5.74, 6) is -0.0384. The molecule has 0 saturated heterocycles. The predicted molar refractivity (Wildman–Crippen MR) is 93.0 cm³/mol. The summed E-state index contributed by atoms with van der Waals surface area (Å²) in [6, 6.07) is 15.6. The Morgan fingerprint density at radius 1 is 1.18 bits per heavy atom. The molecular formula is C18H15BrN2O. The summed E-state index contributed by atoms with van der Waals surface area (Å²) in [6.45, 7) is 1.97. The van der Waals surface area contributed by atoms with Crippen LogP contribution in [-0.2, 0) is 11.2 Å². The lowest BCUT2D eigenvalue weighted by Crippen LogP contribution is -2.15. The molecule has 1 aromatic heterocycles. The summed E-state index contributed by atoms with van der Waals surface area (Å²) in [5.41, 5.74) is 3.68. The van der Waals surface area contributed by atoms with Gasteiger partial charge < -0.3 is 5.32 Å². The van der Waals surface area contributed by atoms with Crippen molar-refractivity contribution in [1.29, 1.82) is 0 Å². The predicted octanol–water partition coefficient (Wildman–Crippen LogP) is 4.49. The molecule has 3 nitrogen and oxygen atoms in total. The third kappa shape index (κ3) is 3.17. The number of carbonyl (C=O) groups excluding carboxylic acids is 1. The zero-order valence-electron chi connectivity index (χ0n) is 12.1. The number of aryl methyl sites for hydroxylation is 1. The Balaban J connectivity index is 1.81. The van der Waals surface area contributed by atoms with E-state index in [0.29, 0.717) is 6.42 Å². The van der Waals surface area contributed by atoms with Crippen LogP contribution in [0.1, 0.15) is 11.1 Å². The first-order valence-electron chi connectivity index (χ1n) is 7.02. The molecule has 1 amide bonds. The second-order valence-electron chi connectivity index (χ2n) is 5.18. The van der Waals surface area contributed by atoms with Crippen LogP contribution in [0.25, 0.3) is 10.9 Å². The van der Waals surface area contributed by atoms with E-state index in [1.54, 1.807) is 6.20 Å². The minimum absolute atomic E-state index is 0.0384. The molecule has 0 aliphatic heterocycles. The molecule has 0 bridgehead atoms. The number of fused-ring (bicyclic) bond motifs is 1. The lowest BCUT2D eigenvalue weighted by Gasteiger charge is -2.10. The van der Waals surface area contributed by atoms with Crippen molar-refractivity contribution in [3.8, 4) is 0 Å². The highest BCUT2D eigenvalue weighted by atomic mass is 79.9. The van der Waals surface area contributed by atoms with Crippen molar-refractivity contribution in [2.75, 3.05) is 5.32 Å². The third-order valence-corrected chi connectivity index (χ3v) is 4.02.